The van der Waals surface area contributed by atoms with E-state index in [1.165, 1.54) is 10.9 Å². The van der Waals surface area contributed by atoms with E-state index < -0.39 is 0 Å². The lowest BCUT2D eigenvalue weighted by Crippen LogP contribution is -2.20. The molecule has 2 aromatic heterocycles. The number of benzene rings is 1. The van der Waals surface area contributed by atoms with Crippen LogP contribution >= 0.6 is 11.6 Å². The lowest BCUT2D eigenvalue weighted by Gasteiger charge is -2.17. The summed E-state index contributed by atoms with van der Waals surface area (Å²) in [4.78, 5) is 16.6. The number of aryl methyl sites for hydroxylation is 2. The Hall–Kier alpha value is -2.34. The second-order valence-electron chi connectivity index (χ2n) is 6.87. The first-order chi connectivity index (χ1) is 11.2. The maximum Gasteiger partial charge on any atom is 0.287 e. The summed E-state index contributed by atoms with van der Waals surface area (Å²) in [6.45, 7) is 6.41. The second kappa shape index (κ2) is 5.63. The van der Waals surface area contributed by atoms with Crippen molar-refractivity contribution in [3.63, 3.8) is 0 Å². The molecule has 0 amide bonds. The van der Waals surface area contributed by atoms with E-state index in [4.69, 9.17) is 16.6 Å². The van der Waals surface area contributed by atoms with Gasteiger partial charge in [0.05, 0.1) is 22.9 Å². The number of aromatic nitrogens is 4. The Labute approximate surface area is 145 Å². The lowest BCUT2D eigenvalue weighted by molar-refractivity contribution is 0.526. The molecule has 0 unspecified atom stereocenters. The fraction of sp³-hybridized carbons (Fsp3) is 0.353. The Morgan fingerprint density at radius 1 is 1.21 bits per heavy atom. The molecule has 7 heteroatoms. The number of anilines is 2. The summed E-state index contributed by atoms with van der Waals surface area (Å²) >= 11 is 6.10. The standard InChI is InChI=1S/C17H20ClN5O/c1-17(2,3)16-21-11-8-10(6-7-13(11)22(16)4)20-12-9-19-23(5)15(24)14(12)18/h6-9,20H,1-5H3. The van der Waals surface area contributed by atoms with E-state index in [2.05, 4.69) is 35.8 Å². The molecule has 1 N–H and O–H groups in total. The molecule has 0 aliphatic rings. The van der Waals surface area contributed by atoms with Crippen molar-refractivity contribution in [3.05, 3.63) is 45.6 Å². The molecule has 1 aromatic carbocycles. The van der Waals surface area contributed by atoms with Crippen LogP contribution < -0.4 is 10.9 Å². The van der Waals surface area contributed by atoms with Crippen LogP contribution in [-0.2, 0) is 19.5 Å². The van der Waals surface area contributed by atoms with Gasteiger partial charge in [0.2, 0.25) is 0 Å². The van der Waals surface area contributed by atoms with Crippen molar-refractivity contribution in [1.29, 1.82) is 0 Å². The molecule has 24 heavy (non-hydrogen) atoms. The quantitative estimate of drug-likeness (QED) is 0.773. The Bertz CT molecular complexity index is 981. The monoisotopic (exact) mass is 345 g/mol. The molecule has 126 valence electrons. The molecule has 3 rings (SSSR count). The van der Waals surface area contributed by atoms with Gasteiger partial charge in [-0.15, -0.1) is 0 Å². The average molecular weight is 346 g/mol. The van der Waals surface area contributed by atoms with Crippen molar-refractivity contribution >= 4 is 34.0 Å². The molecule has 0 aliphatic heterocycles. The highest BCUT2D eigenvalue weighted by Crippen LogP contribution is 2.28. The lowest BCUT2D eigenvalue weighted by atomic mass is 9.96. The summed E-state index contributed by atoms with van der Waals surface area (Å²) in [7, 11) is 3.58. The Balaban J connectivity index is 2.03. The Morgan fingerprint density at radius 2 is 1.92 bits per heavy atom. The van der Waals surface area contributed by atoms with E-state index in [9.17, 15) is 4.79 Å². The van der Waals surface area contributed by atoms with Crippen molar-refractivity contribution in [2.75, 3.05) is 5.32 Å². The van der Waals surface area contributed by atoms with Gasteiger partial charge in [-0.25, -0.2) is 9.67 Å². The largest absolute Gasteiger partial charge is 0.353 e. The van der Waals surface area contributed by atoms with Crippen LogP contribution in [-0.4, -0.2) is 19.3 Å². The number of nitrogens with zero attached hydrogens (tertiary/aromatic N) is 4. The van der Waals surface area contributed by atoms with Gasteiger partial charge in [0, 0.05) is 25.2 Å². The highest BCUT2D eigenvalue weighted by molar-refractivity contribution is 6.33. The third-order valence-corrected chi connectivity index (χ3v) is 4.27. The van der Waals surface area contributed by atoms with E-state index in [1.54, 1.807) is 7.05 Å². The number of rotatable bonds is 2. The predicted octanol–water partition coefficient (Wildman–Crippen LogP) is 3.36. The summed E-state index contributed by atoms with van der Waals surface area (Å²) in [6.07, 6.45) is 1.53. The van der Waals surface area contributed by atoms with Gasteiger partial charge in [0.15, 0.2) is 0 Å². The molecule has 0 radical (unpaired) electrons. The first kappa shape index (κ1) is 16.5. The van der Waals surface area contributed by atoms with E-state index in [1.807, 2.05) is 25.2 Å². The predicted molar refractivity (Wildman–Crippen MR) is 97.2 cm³/mol. The average Bonchev–Trinajstić information content (AvgIpc) is 2.85. The van der Waals surface area contributed by atoms with Crippen molar-refractivity contribution < 1.29 is 0 Å². The summed E-state index contributed by atoms with van der Waals surface area (Å²) in [5.74, 6) is 1.02. The van der Waals surface area contributed by atoms with Crippen LogP contribution in [0.25, 0.3) is 11.0 Å². The zero-order valence-electron chi connectivity index (χ0n) is 14.4. The van der Waals surface area contributed by atoms with Gasteiger partial charge < -0.3 is 9.88 Å². The molecule has 0 saturated carbocycles. The van der Waals surface area contributed by atoms with E-state index >= 15 is 0 Å². The SMILES string of the molecule is Cn1ncc(Nc2ccc3c(c2)nc(C(C)(C)C)n3C)c(Cl)c1=O. The molecule has 0 saturated heterocycles. The normalized spacial score (nSPS) is 11.9. The highest BCUT2D eigenvalue weighted by atomic mass is 35.5. The number of halogens is 1. The van der Waals surface area contributed by atoms with Crippen molar-refractivity contribution in [2.45, 2.75) is 26.2 Å². The molecule has 0 bridgehead atoms. The molecule has 2 heterocycles. The molecule has 3 aromatic rings. The first-order valence-electron chi connectivity index (χ1n) is 7.64. The summed E-state index contributed by atoms with van der Waals surface area (Å²) < 4.78 is 3.30. The topological polar surface area (TPSA) is 64.7 Å². The molecule has 0 fully saturated rings. The zero-order valence-corrected chi connectivity index (χ0v) is 15.1. The second-order valence-corrected chi connectivity index (χ2v) is 7.25. The Kier molecular flexibility index (Phi) is 3.87. The van der Waals surface area contributed by atoms with E-state index in [0.29, 0.717) is 5.69 Å². The third kappa shape index (κ3) is 2.78. The van der Waals surface area contributed by atoms with Crippen molar-refractivity contribution in [3.8, 4) is 0 Å². The Morgan fingerprint density at radius 3 is 2.58 bits per heavy atom. The minimum Gasteiger partial charge on any atom is -0.353 e. The number of hydrogen-bond donors (Lipinski definition) is 1. The van der Waals surface area contributed by atoms with Crippen molar-refractivity contribution in [1.82, 2.24) is 19.3 Å². The fourth-order valence-electron chi connectivity index (χ4n) is 2.70. The number of imidazole rings is 1. The van der Waals surface area contributed by atoms with Gasteiger partial charge >= 0.3 is 0 Å². The van der Waals surface area contributed by atoms with Crippen LogP contribution in [0.3, 0.4) is 0 Å². The minimum absolute atomic E-state index is 0.0414. The van der Waals surface area contributed by atoms with Crippen LogP contribution in [0, 0.1) is 0 Å². The van der Waals surface area contributed by atoms with Gasteiger partial charge in [-0.1, -0.05) is 32.4 Å². The van der Waals surface area contributed by atoms with Gasteiger partial charge in [-0.2, -0.15) is 5.10 Å². The van der Waals surface area contributed by atoms with E-state index in [-0.39, 0.29) is 16.0 Å². The first-order valence-corrected chi connectivity index (χ1v) is 8.02. The molecule has 0 spiro atoms. The molecule has 6 nitrogen and oxygen atoms in total. The summed E-state index contributed by atoms with van der Waals surface area (Å²) in [5.41, 5.74) is 2.85. The van der Waals surface area contributed by atoms with Crippen LogP contribution in [0.5, 0.6) is 0 Å². The summed E-state index contributed by atoms with van der Waals surface area (Å²) in [6, 6.07) is 5.88. The minimum atomic E-state index is -0.337. The number of fused-ring (bicyclic) bond motifs is 1. The smallest absolute Gasteiger partial charge is 0.287 e. The number of nitrogens with one attached hydrogen (secondary N) is 1. The molecular formula is C17H20ClN5O. The highest BCUT2D eigenvalue weighted by Gasteiger charge is 2.21. The summed E-state index contributed by atoms with van der Waals surface area (Å²) in [5, 5.41) is 7.24. The van der Waals surface area contributed by atoms with Crippen LogP contribution in [0.15, 0.2) is 29.2 Å². The van der Waals surface area contributed by atoms with Crippen LogP contribution in [0.1, 0.15) is 26.6 Å². The van der Waals surface area contributed by atoms with Gasteiger partial charge in [0.1, 0.15) is 10.8 Å². The zero-order chi connectivity index (χ0) is 17.6. The number of hydrogen-bond acceptors (Lipinski definition) is 4. The fourth-order valence-corrected chi connectivity index (χ4v) is 2.92. The van der Waals surface area contributed by atoms with Crippen molar-refractivity contribution in [2.24, 2.45) is 14.1 Å². The van der Waals surface area contributed by atoms with Crippen LogP contribution in [0.2, 0.25) is 5.02 Å². The maximum absolute atomic E-state index is 11.9. The third-order valence-electron chi connectivity index (χ3n) is 3.91. The van der Waals surface area contributed by atoms with E-state index in [0.717, 1.165) is 22.5 Å². The maximum atomic E-state index is 11.9. The van der Waals surface area contributed by atoms with Gasteiger partial charge in [-0.3, -0.25) is 4.79 Å². The molecule has 0 atom stereocenters. The van der Waals surface area contributed by atoms with Gasteiger partial charge in [-0.05, 0) is 18.2 Å². The molecular weight excluding hydrogens is 326 g/mol. The van der Waals surface area contributed by atoms with Gasteiger partial charge in [0.25, 0.3) is 5.56 Å². The van der Waals surface area contributed by atoms with Crippen LogP contribution in [0.4, 0.5) is 11.4 Å². The molecule has 0 aliphatic carbocycles.